The summed E-state index contributed by atoms with van der Waals surface area (Å²) in [6, 6.07) is 8.52. The number of nitrogens with zero attached hydrogens (tertiary/aromatic N) is 1. The number of hydrogen-bond acceptors (Lipinski definition) is 7. The first kappa shape index (κ1) is 30.8. The Bertz CT molecular complexity index is 1190. The van der Waals surface area contributed by atoms with Gasteiger partial charge < -0.3 is 24.8 Å². The summed E-state index contributed by atoms with van der Waals surface area (Å²) in [5, 5.41) is 13.1. The van der Waals surface area contributed by atoms with Crippen molar-refractivity contribution in [3.05, 3.63) is 53.8 Å². The fourth-order valence-corrected chi connectivity index (χ4v) is 5.55. The molecule has 1 amide bonds. The van der Waals surface area contributed by atoms with Crippen LogP contribution in [0.3, 0.4) is 0 Å². The number of aliphatic hydroxyl groups is 1. The summed E-state index contributed by atoms with van der Waals surface area (Å²) in [5.41, 5.74) is 0.335. The van der Waals surface area contributed by atoms with Gasteiger partial charge in [0.25, 0.3) is 15.9 Å². The number of amides is 1. The first-order valence-electron chi connectivity index (χ1n) is 13.3. The van der Waals surface area contributed by atoms with Crippen molar-refractivity contribution in [1.82, 2.24) is 10.2 Å². The van der Waals surface area contributed by atoms with Gasteiger partial charge in [-0.05, 0) is 82.6 Å². The molecule has 1 aliphatic heterocycles. The van der Waals surface area contributed by atoms with Crippen LogP contribution in [0, 0.1) is 11.7 Å². The van der Waals surface area contributed by atoms with Crippen LogP contribution < -0.4 is 14.8 Å². The third-order valence-electron chi connectivity index (χ3n) is 6.83. The number of carbonyl (C=O) groups is 1. The van der Waals surface area contributed by atoms with Crippen LogP contribution in [0.4, 0.5) is 10.1 Å². The maximum absolute atomic E-state index is 14.0. The standard InChI is InChI=1S/C28H40FN3O6S/c1-19-17-32(20(2)18-33)28(34)25-15-23(31-39(35,36)24-11-8-22(29)9-12-24)10-13-26(25)38-21(3)7-5-6-14-37-27(19)16-30-4/h8-13,15,19-21,27,30-31,33H,5-7,14,16-18H2,1-4H3/t19-,20+,21+,27+/m0/s1. The average Bonchev–Trinajstić information content (AvgIpc) is 2.90. The Labute approximate surface area is 230 Å². The Morgan fingerprint density at radius 3 is 2.54 bits per heavy atom. The number of halogens is 1. The summed E-state index contributed by atoms with van der Waals surface area (Å²) < 4.78 is 54.0. The topological polar surface area (TPSA) is 117 Å². The van der Waals surface area contributed by atoms with E-state index in [4.69, 9.17) is 9.47 Å². The van der Waals surface area contributed by atoms with Crippen molar-refractivity contribution in [2.75, 3.05) is 38.1 Å². The number of benzene rings is 2. The maximum Gasteiger partial charge on any atom is 0.261 e. The summed E-state index contributed by atoms with van der Waals surface area (Å²) in [6.45, 7) is 6.96. The minimum atomic E-state index is -4.04. The van der Waals surface area contributed by atoms with E-state index >= 15 is 0 Å². The average molecular weight is 566 g/mol. The van der Waals surface area contributed by atoms with Crippen LogP contribution >= 0.6 is 0 Å². The Balaban J connectivity index is 2.02. The van der Waals surface area contributed by atoms with Crippen LogP contribution in [0.1, 0.15) is 50.4 Å². The van der Waals surface area contributed by atoms with Gasteiger partial charge >= 0.3 is 0 Å². The van der Waals surface area contributed by atoms with Crippen molar-refractivity contribution in [3.8, 4) is 5.75 Å². The quantitative estimate of drug-likeness (QED) is 0.469. The molecule has 9 nitrogen and oxygen atoms in total. The van der Waals surface area contributed by atoms with Crippen molar-refractivity contribution in [1.29, 1.82) is 0 Å². The lowest BCUT2D eigenvalue weighted by Gasteiger charge is -2.34. The summed E-state index contributed by atoms with van der Waals surface area (Å²) >= 11 is 0. The molecule has 2 aromatic rings. The minimum Gasteiger partial charge on any atom is -0.490 e. The molecule has 0 saturated heterocycles. The fraction of sp³-hybridized carbons (Fsp3) is 0.536. The van der Waals surface area contributed by atoms with E-state index in [-0.39, 0.29) is 40.9 Å². The molecular weight excluding hydrogens is 525 g/mol. The molecule has 0 bridgehead atoms. The molecule has 4 atom stereocenters. The Hall–Kier alpha value is -2.73. The van der Waals surface area contributed by atoms with Crippen LogP contribution in [-0.4, -0.2) is 75.9 Å². The molecule has 216 valence electrons. The molecule has 0 spiro atoms. The minimum absolute atomic E-state index is 0.0539. The van der Waals surface area contributed by atoms with Crippen molar-refractivity contribution >= 4 is 21.6 Å². The molecule has 3 rings (SSSR count). The Morgan fingerprint density at radius 2 is 1.87 bits per heavy atom. The largest absolute Gasteiger partial charge is 0.490 e. The molecule has 1 aliphatic rings. The second-order valence-corrected chi connectivity index (χ2v) is 11.8. The van der Waals surface area contributed by atoms with E-state index in [2.05, 4.69) is 10.0 Å². The smallest absolute Gasteiger partial charge is 0.261 e. The number of aliphatic hydroxyl groups excluding tert-OH is 1. The number of anilines is 1. The highest BCUT2D eigenvalue weighted by molar-refractivity contribution is 7.92. The zero-order valence-corrected chi connectivity index (χ0v) is 23.8. The molecule has 2 aromatic carbocycles. The molecule has 0 aromatic heterocycles. The van der Waals surface area contributed by atoms with Gasteiger partial charge in [-0.2, -0.15) is 0 Å². The van der Waals surface area contributed by atoms with Gasteiger partial charge in [0.1, 0.15) is 11.6 Å². The van der Waals surface area contributed by atoms with Crippen molar-refractivity contribution < 1.29 is 32.2 Å². The molecule has 0 fully saturated rings. The predicted octanol–water partition coefficient (Wildman–Crippen LogP) is 3.64. The fourth-order valence-electron chi connectivity index (χ4n) is 4.51. The van der Waals surface area contributed by atoms with Gasteiger partial charge in [0.2, 0.25) is 0 Å². The van der Waals surface area contributed by atoms with Gasteiger partial charge in [-0.15, -0.1) is 0 Å². The maximum atomic E-state index is 14.0. The van der Waals surface area contributed by atoms with E-state index in [0.29, 0.717) is 25.4 Å². The number of rotatable bonds is 7. The van der Waals surface area contributed by atoms with E-state index in [1.165, 1.54) is 24.3 Å². The van der Waals surface area contributed by atoms with Crippen molar-refractivity contribution in [2.45, 2.75) is 63.2 Å². The van der Waals surface area contributed by atoms with Crippen LogP contribution in [0.5, 0.6) is 5.75 Å². The van der Waals surface area contributed by atoms with Crippen molar-refractivity contribution in [3.63, 3.8) is 0 Å². The van der Waals surface area contributed by atoms with Crippen LogP contribution in [0.25, 0.3) is 0 Å². The summed E-state index contributed by atoms with van der Waals surface area (Å²) in [6.07, 6.45) is 2.17. The number of hydrogen-bond donors (Lipinski definition) is 3. The lowest BCUT2D eigenvalue weighted by molar-refractivity contribution is -0.000450. The van der Waals surface area contributed by atoms with E-state index in [1.54, 1.807) is 17.9 Å². The first-order valence-corrected chi connectivity index (χ1v) is 14.8. The number of likely N-dealkylation sites (N-methyl/N-ethyl adjacent to an activating group) is 1. The molecular formula is C28H40FN3O6S. The van der Waals surface area contributed by atoms with Gasteiger partial charge in [-0.25, -0.2) is 12.8 Å². The lowest BCUT2D eigenvalue weighted by Crippen LogP contribution is -2.47. The first-order chi connectivity index (χ1) is 18.6. The monoisotopic (exact) mass is 565 g/mol. The zero-order chi connectivity index (χ0) is 28.6. The molecule has 0 saturated carbocycles. The second-order valence-electron chi connectivity index (χ2n) is 10.1. The Morgan fingerprint density at radius 1 is 1.15 bits per heavy atom. The number of nitrogens with one attached hydrogen (secondary N) is 2. The third-order valence-corrected chi connectivity index (χ3v) is 8.23. The molecule has 11 heteroatoms. The van der Waals surface area contributed by atoms with Crippen LogP contribution in [0.2, 0.25) is 0 Å². The number of carbonyl (C=O) groups excluding carboxylic acids is 1. The molecule has 3 N–H and O–H groups in total. The summed E-state index contributed by atoms with van der Waals surface area (Å²) in [5.74, 6) is -0.664. The Kier molecular flexibility index (Phi) is 11.1. The van der Waals surface area contributed by atoms with Crippen LogP contribution in [-0.2, 0) is 14.8 Å². The van der Waals surface area contributed by atoms with Crippen LogP contribution in [0.15, 0.2) is 47.4 Å². The summed E-state index contributed by atoms with van der Waals surface area (Å²) in [4.78, 5) is 15.5. The molecule has 0 unspecified atom stereocenters. The van der Waals surface area contributed by atoms with Gasteiger partial charge in [-0.3, -0.25) is 9.52 Å². The number of ether oxygens (including phenoxy) is 2. The highest BCUT2D eigenvalue weighted by atomic mass is 32.2. The predicted molar refractivity (Wildman–Crippen MR) is 148 cm³/mol. The van der Waals surface area contributed by atoms with Gasteiger partial charge in [0.15, 0.2) is 0 Å². The van der Waals surface area contributed by atoms with E-state index < -0.39 is 27.8 Å². The lowest BCUT2D eigenvalue weighted by atomic mass is 10.0. The van der Waals surface area contributed by atoms with Gasteiger partial charge in [0.05, 0.1) is 35.3 Å². The molecule has 0 radical (unpaired) electrons. The summed E-state index contributed by atoms with van der Waals surface area (Å²) in [7, 11) is -2.18. The SMILES string of the molecule is CNC[C@H]1OCCCC[C@@H](C)Oc2ccc(NS(=O)(=O)c3ccc(F)cc3)cc2C(=O)N([C@H](C)CO)C[C@@H]1C. The van der Waals surface area contributed by atoms with E-state index in [0.717, 1.165) is 31.4 Å². The third kappa shape index (κ3) is 8.38. The van der Waals surface area contributed by atoms with E-state index in [9.17, 15) is 22.7 Å². The normalized spacial score (nSPS) is 22.4. The zero-order valence-electron chi connectivity index (χ0n) is 23.0. The highest BCUT2D eigenvalue weighted by Crippen LogP contribution is 2.29. The van der Waals surface area contributed by atoms with Gasteiger partial charge in [-0.1, -0.05) is 6.92 Å². The molecule has 39 heavy (non-hydrogen) atoms. The number of sulfonamides is 1. The van der Waals surface area contributed by atoms with Gasteiger partial charge in [0, 0.05) is 31.3 Å². The molecule has 0 aliphatic carbocycles. The number of fused-ring (bicyclic) bond motifs is 1. The molecule has 1 heterocycles. The van der Waals surface area contributed by atoms with Crippen molar-refractivity contribution in [2.24, 2.45) is 5.92 Å². The highest BCUT2D eigenvalue weighted by Gasteiger charge is 2.30. The van der Waals surface area contributed by atoms with E-state index in [1.807, 2.05) is 20.9 Å². The second kappa shape index (κ2) is 14.1.